The van der Waals surface area contributed by atoms with Gasteiger partial charge in [0.05, 0.1) is 10.5 Å². The van der Waals surface area contributed by atoms with Crippen molar-refractivity contribution in [2.24, 2.45) is 0 Å². The molecule has 0 unspecified atom stereocenters. The second-order valence-corrected chi connectivity index (χ2v) is 3.30. The molecule has 0 saturated carbocycles. The number of carbonyl (C=O) groups excluding carboxylic acids is 1. The molecule has 0 aliphatic rings. The fourth-order valence-electron chi connectivity index (χ4n) is 0.964. The summed E-state index contributed by atoms with van der Waals surface area (Å²) in [7, 11) is 0. The van der Waals surface area contributed by atoms with E-state index >= 15 is 0 Å². The number of nitrogens with zero attached hydrogens (tertiary/aromatic N) is 1. The molecule has 0 bridgehead atoms. The minimum absolute atomic E-state index is 0.208. The molecule has 80 valence electrons. The lowest BCUT2D eigenvalue weighted by molar-refractivity contribution is -0.385. The van der Waals surface area contributed by atoms with Crippen LogP contribution in [0.4, 0.5) is 10.5 Å². The SMILES string of the molecule is O=C(Cl)OCc1ccc(Cl)cc1[N+](=O)[O-]. The van der Waals surface area contributed by atoms with Crippen molar-refractivity contribution in [1.82, 2.24) is 0 Å². The van der Waals surface area contributed by atoms with E-state index in [1.54, 1.807) is 0 Å². The van der Waals surface area contributed by atoms with Crippen molar-refractivity contribution in [3.8, 4) is 0 Å². The predicted octanol–water partition coefficient (Wildman–Crippen LogP) is 3.12. The minimum atomic E-state index is -1.01. The molecule has 0 aromatic heterocycles. The van der Waals surface area contributed by atoms with Crippen LogP contribution in [0.5, 0.6) is 0 Å². The molecule has 5 nitrogen and oxygen atoms in total. The topological polar surface area (TPSA) is 69.4 Å². The Morgan fingerprint density at radius 3 is 2.73 bits per heavy atom. The van der Waals surface area contributed by atoms with E-state index in [9.17, 15) is 14.9 Å². The van der Waals surface area contributed by atoms with Gasteiger partial charge in [0.2, 0.25) is 0 Å². The zero-order chi connectivity index (χ0) is 11.4. The lowest BCUT2D eigenvalue weighted by atomic mass is 10.2. The summed E-state index contributed by atoms with van der Waals surface area (Å²) in [5.41, 5.74) is -0.988. The highest BCUT2D eigenvalue weighted by Gasteiger charge is 2.15. The van der Waals surface area contributed by atoms with E-state index in [0.29, 0.717) is 0 Å². The fraction of sp³-hybridized carbons (Fsp3) is 0.125. The molecule has 0 amide bonds. The molecule has 0 heterocycles. The van der Waals surface area contributed by atoms with Crippen LogP contribution in [-0.2, 0) is 11.3 Å². The summed E-state index contributed by atoms with van der Waals surface area (Å²) in [6.07, 6.45) is 0. The molecule has 1 aromatic carbocycles. The van der Waals surface area contributed by atoms with E-state index in [4.69, 9.17) is 23.2 Å². The van der Waals surface area contributed by atoms with Crippen molar-refractivity contribution in [3.63, 3.8) is 0 Å². The summed E-state index contributed by atoms with van der Waals surface area (Å²) in [4.78, 5) is 20.3. The maximum absolute atomic E-state index is 10.6. The van der Waals surface area contributed by atoms with Gasteiger partial charge >= 0.3 is 5.43 Å². The van der Waals surface area contributed by atoms with Gasteiger partial charge in [-0.15, -0.1) is 0 Å². The van der Waals surface area contributed by atoms with E-state index in [1.165, 1.54) is 18.2 Å². The number of nitro groups is 1. The van der Waals surface area contributed by atoms with Crippen molar-refractivity contribution in [2.45, 2.75) is 6.61 Å². The largest absolute Gasteiger partial charge is 0.449 e. The zero-order valence-electron chi connectivity index (χ0n) is 7.28. The third kappa shape index (κ3) is 3.38. The van der Waals surface area contributed by atoms with E-state index in [2.05, 4.69) is 4.74 Å². The van der Waals surface area contributed by atoms with Crippen LogP contribution < -0.4 is 0 Å². The Kier molecular flexibility index (Phi) is 3.88. The summed E-state index contributed by atoms with van der Waals surface area (Å²) < 4.78 is 4.44. The van der Waals surface area contributed by atoms with E-state index in [0.717, 1.165) is 0 Å². The fourth-order valence-corrected chi connectivity index (χ4v) is 1.18. The smallest absolute Gasteiger partial charge is 0.404 e. The first-order chi connectivity index (χ1) is 7.00. The Bertz CT molecular complexity index is 408. The Morgan fingerprint density at radius 1 is 1.53 bits per heavy atom. The molecular weight excluding hydrogens is 245 g/mol. The average molecular weight is 250 g/mol. The summed E-state index contributed by atoms with van der Waals surface area (Å²) in [5, 5.41) is 10.8. The molecule has 0 spiro atoms. The van der Waals surface area contributed by atoms with Crippen LogP contribution >= 0.6 is 23.2 Å². The standard InChI is InChI=1S/C8H5Cl2NO4/c9-6-2-1-5(4-15-8(10)12)7(3-6)11(13)14/h1-3H,4H2. The molecule has 1 aromatic rings. The Hall–Kier alpha value is -1.33. The minimum Gasteiger partial charge on any atom is -0.449 e. The van der Waals surface area contributed by atoms with Crippen LogP contribution in [0.25, 0.3) is 0 Å². The predicted molar refractivity (Wildman–Crippen MR) is 54.1 cm³/mol. The lowest BCUT2D eigenvalue weighted by Gasteiger charge is -2.02. The van der Waals surface area contributed by atoms with Crippen LogP contribution in [0.3, 0.4) is 0 Å². The number of hydrogen-bond donors (Lipinski definition) is 0. The summed E-state index contributed by atoms with van der Waals surface area (Å²) >= 11 is 10.5. The molecule has 0 N–H and O–H groups in total. The first kappa shape index (κ1) is 11.7. The van der Waals surface area contributed by atoms with Crippen LogP contribution in [0.1, 0.15) is 5.56 Å². The number of nitro benzene ring substituents is 1. The van der Waals surface area contributed by atoms with Crippen molar-refractivity contribution in [2.75, 3.05) is 0 Å². The van der Waals surface area contributed by atoms with Crippen molar-refractivity contribution in [1.29, 1.82) is 0 Å². The number of ether oxygens (including phenoxy) is 1. The number of carbonyl (C=O) groups is 1. The number of rotatable bonds is 3. The van der Waals surface area contributed by atoms with Gasteiger partial charge in [-0.2, -0.15) is 0 Å². The first-order valence-electron chi connectivity index (χ1n) is 3.76. The van der Waals surface area contributed by atoms with Gasteiger partial charge in [0.1, 0.15) is 6.61 Å². The highest BCUT2D eigenvalue weighted by atomic mass is 35.5. The second-order valence-electron chi connectivity index (χ2n) is 2.56. The van der Waals surface area contributed by atoms with E-state index in [1.807, 2.05) is 0 Å². The maximum Gasteiger partial charge on any atom is 0.404 e. The average Bonchev–Trinajstić information content (AvgIpc) is 2.15. The molecule has 0 fully saturated rings. The van der Waals surface area contributed by atoms with Gasteiger partial charge in [-0.1, -0.05) is 11.6 Å². The quantitative estimate of drug-likeness (QED) is 0.469. The highest BCUT2D eigenvalue weighted by molar-refractivity contribution is 6.61. The number of benzene rings is 1. The van der Waals surface area contributed by atoms with Gasteiger partial charge in [-0.25, -0.2) is 4.79 Å². The second kappa shape index (κ2) is 4.95. The van der Waals surface area contributed by atoms with Gasteiger partial charge in [-0.3, -0.25) is 10.1 Å². The van der Waals surface area contributed by atoms with Gasteiger partial charge in [0.15, 0.2) is 0 Å². The molecular formula is C8H5Cl2NO4. The Balaban J connectivity index is 2.95. The molecule has 0 aliphatic carbocycles. The zero-order valence-corrected chi connectivity index (χ0v) is 8.79. The third-order valence-electron chi connectivity index (χ3n) is 1.59. The summed E-state index contributed by atoms with van der Waals surface area (Å²) in [6, 6.07) is 4.05. The first-order valence-corrected chi connectivity index (χ1v) is 4.51. The van der Waals surface area contributed by atoms with Crippen LogP contribution in [0.15, 0.2) is 18.2 Å². The lowest BCUT2D eigenvalue weighted by Crippen LogP contribution is -1.99. The highest BCUT2D eigenvalue weighted by Crippen LogP contribution is 2.23. The number of halogens is 2. The van der Waals surface area contributed by atoms with Gasteiger partial charge in [0, 0.05) is 22.7 Å². The van der Waals surface area contributed by atoms with Gasteiger partial charge in [-0.05, 0) is 12.1 Å². The van der Waals surface area contributed by atoms with Crippen LogP contribution in [-0.4, -0.2) is 10.4 Å². The Labute approximate surface area is 94.7 Å². The van der Waals surface area contributed by atoms with Gasteiger partial charge < -0.3 is 4.74 Å². The maximum atomic E-state index is 10.6. The molecule has 0 saturated heterocycles. The van der Waals surface area contributed by atoms with Crippen molar-refractivity contribution in [3.05, 3.63) is 38.9 Å². The third-order valence-corrected chi connectivity index (χ3v) is 1.93. The normalized spacial score (nSPS) is 9.73. The summed E-state index contributed by atoms with van der Waals surface area (Å²) in [5.74, 6) is 0. The van der Waals surface area contributed by atoms with Crippen molar-refractivity contribution < 1.29 is 14.5 Å². The summed E-state index contributed by atoms with van der Waals surface area (Å²) in [6.45, 7) is -0.254. The van der Waals surface area contributed by atoms with Crippen LogP contribution in [0, 0.1) is 10.1 Å². The molecule has 0 atom stereocenters. The van der Waals surface area contributed by atoms with E-state index in [-0.39, 0.29) is 22.9 Å². The molecule has 15 heavy (non-hydrogen) atoms. The number of hydrogen-bond acceptors (Lipinski definition) is 4. The van der Waals surface area contributed by atoms with Crippen LogP contribution in [0.2, 0.25) is 5.02 Å². The molecule has 0 radical (unpaired) electrons. The van der Waals surface area contributed by atoms with Crippen molar-refractivity contribution >= 4 is 34.3 Å². The van der Waals surface area contributed by atoms with E-state index < -0.39 is 10.4 Å². The monoisotopic (exact) mass is 249 g/mol. The molecule has 7 heteroatoms. The molecule has 1 rings (SSSR count). The molecule has 0 aliphatic heterocycles. The van der Waals surface area contributed by atoms with Gasteiger partial charge in [0.25, 0.3) is 5.69 Å². The Morgan fingerprint density at radius 2 is 2.20 bits per heavy atom.